The Morgan fingerprint density at radius 2 is 1.96 bits per heavy atom. The van der Waals surface area contributed by atoms with Crippen molar-refractivity contribution >= 4 is 28.5 Å². The predicted octanol–water partition coefficient (Wildman–Crippen LogP) is 3.60. The van der Waals surface area contributed by atoms with Gasteiger partial charge in [-0.1, -0.05) is 17.3 Å². The number of benzene rings is 2. The number of nitrogens with one attached hydrogen (secondary N) is 1. The maximum absolute atomic E-state index is 12.2. The molecule has 6 nitrogen and oxygen atoms in total. The van der Waals surface area contributed by atoms with Crippen LogP contribution in [0.3, 0.4) is 0 Å². The molecule has 2 heterocycles. The Balaban J connectivity index is 1.45. The Kier molecular flexibility index (Phi) is 4.31. The van der Waals surface area contributed by atoms with Crippen molar-refractivity contribution in [3.8, 4) is 22.8 Å². The highest BCUT2D eigenvalue weighted by Gasteiger charge is 2.16. The summed E-state index contributed by atoms with van der Waals surface area (Å²) < 4.78 is 16.9. The molecule has 4 rings (SSSR count). The molecule has 0 saturated carbocycles. The Hall–Kier alpha value is -2.55. The smallest absolute Gasteiger partial charge is 0.252 e. The van der Waals surface area contributed by atoms with Crippen molar-refractivity contribution in [3.63, 3.8) is 0 Å². The molecule has 1 aromatic heterocycles. The number of ether oxygens (including phenoxy) is 2. The van der Waals surface area contributed by atoms with E-state index in [4.69, 9.17) is 14.0 Å². The van der Waals surface area contributed by atoms with Gasteiger partial charge in [0.2, 0.25) is 6.79 Å². The van der Waals surface area contributed by atoms with Crippen LogP contribution in [0.5, 0.6) is 11.5 Å². The normalized spacial score (nSPS) is 12.2. The SMILES string of the molecule is O=C(NCc1cc(-c2ccc3c(c2)OCO3)on1)c1ccccc1I. The zero-order valence-electron chi connectivity index (χ0n) is 13.0. The van der Waals surface area contributed by atoms with Crippen LogP contribution >= 0.6 is 22.6 Å². The Bertz CT molecular complexity index is 938. The van der Waals surface area contributed by atoms with Gasteiger partial charge in [-0.3, -0.25) is 4.79 Å². The van der Waals surface area contributed by atoms with Gasteiger partial charge in [0.05, 0.1) is 12.1 Å². The van der Waals surface area contributed by atoms with E-state index >= 15 is 0 Å². The Morgan fingerprint density at radius 3 is 2.84 bits per heavy atom. The van der Waals surface area contributed by atoms with E-state index in [-0.39, 0.29) is 19.2 Å². The maximum atomic E-state index is 12.2. The summed E-state index contributed by atoms with van der Waals surface area (Å²) in [6, 6.07) is 14.8. The first kappa shape index (κ1) is 15.9. The van der Waals surface area contributed by atoms with Crippen LogP contribution in [-0.2, 0) is 6.54 Å². The molecule has 0 fully saturated rings. The molecular weight excluding hydrogens is 435 g/mol. The van der Waals surface area contributed by atoms with E-state index in [0.717, 1.165) is 9.13 Å². The highest BCUT2D eigenvalue weighted by molar-refractivity contribution is 14.1. The number of carbonyl (C=O) groups excluding carboxylic acids is 1. The summed E-state index contributed by atoms with van der Waals surface area (Å²) in [7, 11) is 0. The lowest BCUT2D eigenvalue weighted by molar-refractivity contribution is 0.0949. The van der Waals surface area contributed by atoms with Gasteiger partial charge in [0.1, 0.15) is 5.69 Å². The van der Waals surface area contributed by atoms with Gasteiger partial charge in [-0.05, 0) is 52.9 Å². The fraction of sp³-hybridized carbons (Fsp3) is 0.111. The average Bonchev–Trinajstić information content (AvgIpc) is 3.28. The lowest BCUT2D eigenvalue weighted by Gasteiger charge is -2.04. The lowest BCUT2D eigenvalue weighted by Crippen LogP contribution is -2.23. The number of hydrogen-bond acceptors (Lipinski definition) is 5. The second-order valence-corrected chi connectivity index (χ2v) is 6.58. The van der Waals surface area contributed by atoms with Gasteiger partial charge < -0.3 is 19.3 Å². The topological polar surface area (TPSA) is 73.6 Å². The largest absolute Gasteiger partial charge is 0.454 e. The minimum absolute atomic E-state index is 0.141. The van der Waals surface area contributed by atoms with E-state index in [0.29, 0.717) is 28.5 Å². The number of amides is 1. The molecule has 0 radical (unpaired) electrons. The average molecular weight is 448 g/mol. The number of halogens is 1. The molecular formula is C18H13IN2O4. The molecule has 7 heteroatoms. The van der Waals surface area contributed by atoms with Gasteiger partial charge in [0.25, 0.3) is 5.91 Å². The molecule has 0 atom stereocenters. The molecule has 3 aromatic rings. The van der Waals surface area contributed by atoms with E-state index in [9.17, 15) is 4.79 Å². The summed E-state index contributed by atoms with van der Waals surface area (Å²) in [6.07, 6.45) is 0. The fourth-order valence-corrected chi connectivity index (χ4v) is 3.12. The number of hydrogen-bond donors (Lipinski definition) is 1. The summed E-state index contributed by atoms with van der Waals surface area (Å²) in [5.41, 5.74) is 2.13. The van der Waals surface area contributed by atoms with Crippen LogP contribution in [0.15, 0.2) is 53.1 Å². The molecule has 1 N–H and O–H groups in total. The minimum atomic E-state index is -0.141. The van der Waals surface area contributed by atoms with Crippen molar-refractivity contribution < 1.29 is 18.8 Å². The van der Waals surface area contributed by atoms with Gasteiger partial charge in [-0.15, -0.1) is 0 Å². The predicted molar refractivity (Wildman–Crippen MR) is 98.4 cm³/mol. The van der Waals surface area contributed by atoms with E-state index in [1.807, 2.05) is 36.4 Å². The number of aromatic nitrogens is 1. The number of rotatable bonds is 4. The van der Waals surface area contributed by atoms with Crippen molar-refractivity contribution in [1.29, 1.82) is 0 Å². The highest BCUT2D eigenvalue weighted by atomic mass is 127. The molecule has 25 heavy (non-hydrogen) atoms. The van der Waals surface area contributed by atoms with Crippen LogP contribution in [-0.4, -0.2) is 17.9 Å². The zero-order chi connectivity index (χ0) is 17.2. The summed E-state index contributed by atoms with van der Waals surface area (Å²) in [5, 5.41) is 6.86. The van der Waals surface area contributed by atoms with Gasteiger partial charge >= 0.3 is 0 Å². The summed E-state index contributed by atoms with van der Waals surface area (Å²) in [6.45, 7) is 0.516. The van der Waals surface area contributed by atoms with Crippen LogP contribution in [0.25, 0.3) is 11.3 Å². The third-order valence-corrected chi connectivity index (χ3v) is 4.71. The van der Waals surface area contributed by atoms with Crippen molar-refractivity contribution in [2.24, 2.45) is 0 Å². The van der Waals surface area contributed by atoms with Crippen LogP contribution in [0.2, 0.25) is 0 Å². The summed E-state index contributed by atoms with van der Waals surface area (Å²) >= 11 is 2.14. The van der Waals surface area contributed by atoms with Gasteiger partial charge in [0, 0.05) is 15.2 Å². The van der Waals surface area contributed by atoms with E-state index in [2.05, 4.69) is 33.1 Å². The second-order valence-electron chi connectivity index (χ2n) is 5.41. The van der Waals surface area contributed by atoms with Crippen LogP contribution in [0.1, 0.15) is 16.1 Å². The van der Waals surface area contributed by atoms with Gasteiger partial charge in [-0.25, -0.2) is 0 Å². The Labute approximate surface area is 157 Å². The monoisotopic (exact) mass is 448 g/mol. The van der Waals surface area contributed by atoms with Crippen LogP contribution in [0, 0.1) is 3.57 Å². The van der Waals surface area contributed by atoms with E-state index < -0.39 is 0 Å². The molecule has 0 unspecified atom stereocenters. The van der Waals surface area contributed by atoms with Gasteiger partial charge in [-0.2, -0.15) is 0 Å². The van der Waals surface area contributed by atoms with Crippen molar-refractivity contribution in [3.05, 3.63) is 63.4 Å². The number of fused-ring (bicyclic) bond motifs is 1. The molecule has 2 aromatic carbocycles. The minimum Gasteiger partial charge on any atom is -0.454 e. The van der Waals surface area contributed by atoms with Crippen LogP contribution < -0.4 is 14.8 Å². The second kappa shape index (κ2) is 6.75. The lowest BCUT2D eigenvalue weighted by atomic mass is 10.1. The number of nitrogens with zero attached hydrogens (tertiary/aromatic N) is 1. The maximum Gasteiger partial charge on any atom is 0.252 e. The quantitative estimate of drug-likeness (QED) is 0.618. The molecule has 126 valence electrons. The first-order chi connectivity index (χ1) is 12.2. The van der Waals surface area contributed by atoms with Crippen LogP contribution in [0.4, 0.5) is 0 Å². The molecule has 1 amide bonds. The molecule has 0 saturated heterocycles. The molecule has 0 spiro atoms. The zero-order valence-corrected chi connectivity index (χ0v) is 15.1. The van der Waals surface area contributed by atoms with E-state index in [1.165, 1.54) is 0 Å². The van der Waals surface area contributed by atoms with Crippen molar-refractivity contribution in [1.82, 2.24) is 10.5 Å². The standard InChI is InChI=1S/C18H13IN2O4/c19-14-4-2-1-3-13(14)18(22)20-9-12-8-16(25-21-12)11-5-6-15-17(7-11)24-10-23-15/h1-8H,9-10H2,(H,20,22). The summed E-state index contributed by atoms with van der Waals surface area (Å²) in [5.74, 6) is 1.87. The third-order valence-electron chi connectivity index (χ3n) is 3.76. The van der Waals surface area contributed by atoms with Crippen molar-refractivity contribution in [2.45, 2.75) is 6.54 Å². The fourth-order valence-electron chi connectivity index (χ4n) is 2.49. The first-order valence-electron chi connectivity index (χ1n) is 7.59. The Morgan fingerprint density at radius 1 is 1.12 bits per heavy atom. The van der Waals surface area contributed by atoms with Crippen molar-refractivity contribution in [2.75, 3.05) is 6.79 Å². The summed E-state index contributed by atoms with van der Waals surface area (Å²) in [4.78, 5) is 12.2. The first-order valence-corrected chi connectivity index (χ1v) is 8.67. The van der Waals surface area contributed by atoms with E-state index in [1.54, 1.807) is 12.1 Å². The molecule has 0 aliphatic carbocycles. The molecule has 1 aliphatic rings. The molecule has 1 aliphatic heterocycles. The molecule has 0 bridgehead atoms. The third kappa shape index (κ3) is 3.32. The highest BCUT2D eigenvalue weighted by Crippen LogP contribution is 2.36. The number of carbonyl (C=O) groups is 1. The van der Waals surface area contributed by atoms with Gasteiger partial charge in [0.15, 0.2) is 17.3 Å².